The molecule has 20 heavy (non-hydrogen) atoms. The molecule has 0 saturated heterocycles. The van der Waals surface area contributed by atoms with E-state index >= 15 is 0 Å². The second-order valence-corrected chi connectivity index (χ2v) is 5.90. The molecule has 1 aliphatic rings. The highest BCUT2D eigenvalue weighted by Gasteiger charge is 2.30. The lowest BCUT2D eigenvalue weighted by Gasteiger charge is -2.31. The van der Waals surface area contributed by atoms with Crippen LogP contribution in [0, 0.1) is 17.8 Å². The molecule has 110 valence electrons. The summed E-state index contributed by atoms with van der Waals surface area (Å²) in [6, 6.07) is 5.44. The molecule has 1 aromatic carbocycles. The van der Waals surface area contributed by atoms with E-state index in [1.807, 2.05) is 6.07 Å². The van der Waals surface area contributed by atoms with Gasteiger partial charge in [-0.3, -0.25) is 4.79 Å². The van der Waals surface area contributed by atoms with Crippen LogP contribution in [0.4, 0.5) is 0 Å². The smallest absolute Gasteiger partial charge is 0.166 e. The highest BCUT2D eigenvalue weighted by atomic mass is 16.5. The van der Waals surface area contributed by atoms with Crippen LogP contribution >= 0.6 is 0 Å². The third-order valence-corrected chi connectivity index (χ3v) is 4.64. The average molecular weight is 276 g/mol. The van der Waals surface area contributed by atoms with Crippen LogP contribution in [0.1, 0.15) is 43.5 Å². The first-order valence-electron chi connectivity index (χ1n) is 7.33. The van der Waals surface area contributed by atoms with Crippen molar-refractivity contribution < 1.29 is 14.3 Å². The molecule has 3 atom stereocenters. The van der Waals surface area contributed by atoms with Gasteiger partial charge in [-0.2, -0.15) is 0 Å². The minimum absolute atomic E-state index is 0.152. The summed E-state index contributed by atoms with van der Waals surface area (Å²) in [5.41, 5.74) is 0.731. The van der Waals surface area contributed by atoms with E-state index in [1.54, 1.807) is 26.4 Å². The van der Waals surface area contributed by atoms with Gasteiger partial charge in [0.05, 0.1) is 14.2 Å². The van der Waals surface area contributed by atoms with Crippen LogP contribution in [0.15, 0.2) is 18.2 Å². The van der Waals surface area contributed by atoms with Gasteiger partial charge in [-0.1, -0.05) is 13.8 Å². The Kier molecular flexibility index (Phi) is 4.69. The van der Waals surface area contributed by atoms with Crippen molar-refractivity contribution >= 4 is 5.78 Å². The zero-order valence-electron chi connectivity index (χ0n) is 12.8. The fraction of sp³-hybridized carbons (Fsp3) is 0.588. The molecule has 1 aliphatic carbocycles. The summed E-state index contributed by atoms with van der Waals surface area (Å²) in [5, 5.41) is 0. The number of ether oxygens (including phenoxy) is 2. The molecule has 0 amide bonds. The van der Waals surface area contributed by atoms with Crippen molar-refractivity contribution in [3.05, 3.63) is 23.8 Å². The fourth-order valence-electron chi connectivity index (χ4n) is 3.01. The van der Waals surface area contributed by atoms with Crippen molar-refractivity contribution in [2.24, 2.45) is 17.8 Å². The second-order valence-electron chi connectivity index (χ2n) is 5.90. The average Bonchev–Trinajstić information content (AvgIpc) is 2.48. The Morgan fingerprint density at radius 1 is 1.05 bits per heavy atom. The number of ketones is 1. The van der Waals surface area contributed by atoms with Gasteiger partial charge in [-0.15, -0.1) is 0 Å². The lowest BCUT2D eigenvalue weighted by atomic mass is 9.73. The SMILES string of the molecule is COc1ccc(C(=O)C2CCC(C)C(C)C2)cc1OC. The Hall–Kier alpha value is -1.51. The number of benzene rings is 1. The minimum Gasteiger partial charge on any atom is -0.493 e. The van der Waals surface area contributed by atoms with E-state index in [2.05, 4.69) is 13.8 Å². The van der Waals surface area contributed by atoms with Crippen LogP contribution in [0.25, 0.3) is 0 Å². The van der Waals surface area contributed by atoms with Crippen molar-refractivity contribution in [2.75, 3.05) is 14.2 Å². The number of rotatable bonds is 4. The van der Waals surface area contributed by atoms with Crippen molar-refractivity contribution in [3.63, 3.8) is 0 Å². The summed E-state index contributed by atoms with van der Waals surface area (Å²) >= 11 is 0. The second kappa shape index (κ2) is 6.29. The maximum atomic E-state index is 12.6. The molecule has 2 rings (SSSR count). The number of hydrogen-bond acceptors (Lipinski definition) is 3. The molecule has 0 spiro atoms. The Morgan fingerprint density at radius 3 is 2.35 bits per heavy atom. The molecular weight excluding hydrogens is 252 g/mol. The van der Waals surface area contributed by atoms with Gasteiger partial charge in [0.15, 0.2) is 17.3 Å². The minimum atomic E-state index is 0.152. The maximum Gasteiger partial charge on any atom is 0.166 e. The summed E-state index contributed by atoms with van der Waals surface area (Å²) in [6.07, 6.45) is 3.14. The first-order valence-corrected chi connectivity index (χ1v) is 7.33. The van der Waals surface area contributed by atoms with E-state index in [0.29, 0.717) is 17.4 Å². The lowest BCUT2D eigenvalue weighted by Crippen LogP contribution is -2.26. The first kappa shape index (κ1) is 14.9. The van der Waals surface area contributed by atoms with Crippen LogP contribution in [-0.2, 0) is 0 Å². The van der Waals surface area contributed by atoms with Gasteiger partial charge in [-0.25, -0.2) is 0 Å². The summed E-state index contributed by atoms with van der Waals surface area (Å²) in [6.45, 7) is 4.53. The highest BCUT2D eigenvalue weighted by molar-refractivity contribution is 5.98. The van der Waals surface area contributed by atoms with Crippen molar-refractivity contribution in [3.8, 4) is 11.5 Å². The van der Waals surface area contributed by atoms with Gasteiger partial charge in [0.2, 0.25) is 0 Å². The van der Waals surface area contributed by atoms with E-state index in [4.69, 9.17) is 9.47 Å². The van der Waals surface area contributed by atoms with E-state index in [-0.39, 0.29) is 11.7 Å². The maximum absolute atomic E-state index is 12.6. The van der Waals surface area contributed by atoms with Crippen LogP contribution in [0.2, 0.25) is 0 Å². The molecule has 3 unspecified atom stereocenters. The van der Waals surface area contributed by atoms with Gasteiger partial charge in [0, 0.05) is 11.5 Å². The van der Waals surface area contributed by atoms with E-state index in [9.17, 15) is 4.79 Å². The third-order valence-electron chi connectivity index (χ3n) is 4.64. The Balaban J connectivity index is 2.17. The number of methoxy groups -OCH3 is 2. The van der Waals surface area contributed by atoms with Crippen molar-refractivity contribution in [1.82, 2.24) is 0 Å². The van der Waals surface area contributed by atoms with E-state index in [0.717, 1.165) is 30.7 Å². The van der Waals surface area contributed by atoms with E-state index in [1.165, 1.54) is 0 Å². The fourth-order valence-corrected chi connectivity index (χ4v) is 3.01. The van der Waals surface area contributed by atoms with Gasteiger partial charge in [0.25, 0.3) is 0 Å². The molecule has 1 aromatic rings. The largest absolute Gasteiger partial charge is 0.493 e. The molecule has 3 heteroatoms. The van der Waals surface area contributed by atoms with Crippen LogP contribution in [-0.4, -0.2) is 20.0 Å². The lowest BCUT2D eigenvalue weighted by molar-refractivity contribution is 0.0837. The van der Waals surface area contributed by atoms with Gasteiger partial charge in [0.1, 0.15) is 0 Å². The molecule has 0 aromatic heterocycles. The zero-order chi connectivity index (χ0) is 14.7. The van der Waals surface area contributed by atoms with Gasteiger partial charge >= 0.3 is 0 Å². The molecule has 0 aliphatic heterocycles. The summed E-state index contributed by atoms with van der Waals surface area (Å²) in [5.74, 6) is 3.02. The van der Waals surface area contributed by atoms with Crippen molar-refractivity contribution in [1.29, 1.82) is 0 Å². The number of Topliss-reactive ketones (excluding diaryl/α,β-unsaturated/α-hetero) is 1. The van der Waals surface area contributed by atoms with Crippen LogP contribution in [0.3, 0.4) is 0 Å². The first-order chi connectivity index (χ1) is 9.56. The predicted octanol–water partition coefficient (Wildman–Crippen LogP) is 3.96. The summed E-state index contributed by atoms with van der Waals surface area (Å²) < 4.78 is 10.5. The number of carbonyl (C=O) groups excluding carboxylic acids is 1. The van der Waals surface area contributed by atoms with Crippen LogP contribution in [0.5, 0.6) is 11.5 Å². The number of hydrogen-bond donors (Lipinski definition) is 0. The van der Waals surface area contributed by atoms with Gasteiger partial charge in [-0.05, 0) is 49.3 Å². The Bertz CT molecular complexity index is 481. The molecule has 0 heterocycles. The van der Waals surface area contributed by atoms with Crippen LogP contribution < -0.4 is 9.47 Å². The monoisotopic (exact) mass is 276 g/mol. The molecule has 0 radical (unpaired) electrons. The molecule has 3 nitrogen and oxygen atoms in total. The predicted molar refractivity (Wildman–Crippen MR) is 79.5 cm³/mol. The van der Waals surface area contributed by atoms with Crippen molar-refractivity contribution in [2.45, 2.75) is 33.1 Å². The van der Waals surface area contributed by atoms with E-state index < -0.39 is 0 Å². The zero-order valence-corrected chi connectivity index (χ0v) is 12.8. The molecule has 0 N–H and O–H groups in total. The topological polar surface area (TPSA) is 35.5 Å². The molecular formula is C17H24O3. The Morgan fingerprint density at radius 2 is 1.75 bits per heavy atom. The third kappa shape index (κ3) is 2.97. The standard InChI is InChI=1S/C17H24O3/c1-11-5-6-13(9-12(11)2)17(18)14-7-8-15(19-3)16(10-14)20-4/h7-8,10-13H,5-6,9H2,1-4H3. The molecule has 0 bridgehead atoms. The highest BCUT2D eigenvalue weighted by Crippen LogP contribution is 2.36. The Labute approximate surface area is 121 Å². The van der Waals surface area contributed by atoms with Gasteiger partial charge < -0.3 is 9.47 Å². The molecule has 1 saturated carbocycles. The quantitative estimate of drug-likeness (QED) is 0.781. The number of carbonyl (C=O) groups is 1. The summed E-state index contributed by atoms with van der Waals surface area (Å²) in [7, 11) is 3.19. The normalized spacial score (nSPS) is 26.1. The summed E-state index contributed by atoms with van der Waals surface area (Å²) in [4.78, 5) is 12.6. The molecule has 1 fully saturated rings.